The number of rotatable bonds is 5. The van der Waals surface area contributed by atoms with Crippen LogP contribution in [0.3, 0.4) is 0 Å². The van der Waals surface area contributed by atoms with E-state index in [1.165, 1.54) is 12.7 Å². The second-order valence-electron chi connectivity index (χ2n) is 4.78. The highest BCUT2D eigenvalue weighted by atomic mass is 16.5. The van der Waals surface area contributed by atoms with Gasteiger partial charge in [-0.3, -0.25) is 0 Å². The van der Waals surface area contributed by atoms with Crippen molar-refractivity contribution in [1.29, 1.82) is 0 Å². The largest absolute Gasteiger partial charge is 0.465 e. The maximum atomic E-state index is 11.3. The van der Waals surface area contributed by atoms with Crippen LogP contribution in [0, 0.1) is 0 Å². The Balaban J connectivity index is 2.60. The number of methoxy groups -OCH3 is 1. The van der Waals surface area contributed by atoms with E-state index in [4.69, 9.17) is 0 Å². The number of benzene rings is 1. The molecule has 0 aromatic heterocycles. The summed E-state index contributed by atoms with van der Waals surface area (Å²) in [5, 5.41) is 3.47. The van der Waals surface area contributed by atoms with E-state index in [9.17, 15) is 4.79 Å². The summed E-state index contributed by atoms with van der Waals surface area (Å²) in [6.07, 6.45) is 1.08. The maximum absolute atomic E-state index is 11.3. The highest BCUT2D eigenvalue weighted by Gasteiger charge is 2.13. The van der Waals surface area contributed by atoms with E-state index in [-0.39, 0.29) is 11.5 Å². The standard InChI is InChI=1S/C14H21NO2/c1-5-14(2,3)15-10-11-6-8-12(9-7-11)13(16)17-4/h6-9,15H,5,10H2,1-4H3. The monoisotopic (exact) mass is 235 g/mol. The minimum atomic E-state index is -0.293. The van der Waals surface area contributed by atoms with Gasteiger partial charge in [0, 0.05) is 12.1 Å². The molecule has 0 atom stereocenters. The fourth-order valence-electron chi connectivity index (χ4n) is 1.34. The number of carbonyl (C=O) groups excluding carboxylic acids is 1. The average Bonchev–Trinajstić information content (AvgIpc) is 2.36. The number of carbonyl (C=O) groups is 1. The molecule has 3 heteroatoms. The number of esters is 1. The lowest BCUT2D eigenvalue weighted by molar-refractivity contribution is 0.0600. The van der Waals surface area contributed by atoms with Crippen molar-refractivity contribution in [3.63, 3.8) is 0 Å². The first-order valence-electron chi connectivity index (χ1n) is 5.91. The molecule has 0 fully saturated rings. The lowest BCUT2D eigenvalue weighted by atomic mass is 10.0. The molecule has 0 unspecified atom stereocenters. The Labute approximate surface area is 103 Å². The first kappa shape index (κ1) is 13.7. The van der Waals surface area contributed by atoms with Crippen LogP contribution in [0.5, 0.6) is 0 Å². The van der Waals surface area contributed by atoms with E-state index in [2.05, 4.69) is 30.8 Å². The summed E-state index contributed by atoms with van der Waals surface area (Å²) in [4.78, 5) is 11.3. The molecule has 0 aliphatic rings. The number of nitrogens with one attached hydrogen (secondary N) is 1. The van der Waals surface area contributed by atoms with E-state index in [0.29, 0.717) is 5.56 Å². The summed E-state index contributed by atoms with van der Waals surface area (Å²) in [7, 11) is 1.39. The second-order valence-corrected chi connectivity index (χ2v) is 4.78. The molecule has 0 amide bonds. The third-order valence-corrected chi connectivity index (χ3v) is 3.03. The molecule has 94 valence electrons. The minimum Gasteiger partial charge on any atom is -0.465 e. The molecule has 0 saturated carbocycles. The fraction of sp³-hybridized carbons (Fsp3) is 0.500. The fourth-order valence-corrected chi connectivity index (χ4v) is 1.34. The van der Waals surface area contributed by atoms with Crippen molar-refractivity contribution in [2.75, 3.05) is 7.11 Å². The Morgan fingerprint density at radius 2 is 1.88 bits per heavy atom. The van der Waals surface area contributed by atoms with Gasteiger partial charge in [-0.05, 0) is 38.0 Å². The van der Waals surface area contributed by atoms with Gasteiger partial charge < -0.3 is 10.1 Å². The summed E-state index contributed by atoms with van der Waals surface area (Å²) in [6.45, 7) is 7.32. The van der Waals surface area contributed by atoms with E-state index >= 15 is 0 Å². The molecular weight excluding hydrogens is 214 g/mol. The zero-order chi connectivity index (χ0) is 12.9. The Morgan fingerprint density at radius 1 is 1.29 bits per heavy atom. The molecule has 0 bridgehead atoms. The van der Waals surface area contributed by atoms with Crippen LogP contribution in [0.2, 0.25) is 0 Å². The van der Waals surface area contributed by atoms with Crippen molar-refractivity contribution < 1.29 is 9.53 Å². The van der Waals surface area contributed by atoms with Crippen molar-refractivity contribution in [3.8, 4) is 0 Å². The molecule has 0 spiro atoms. The van der Waals surface area contributed by atoms with Gasteiger partial charge in [0.2, 0.25) is 0 Å². The average molecular weight is 235 g/mol. The summed E-state index contributed by atoms with van der Waals surface area (Å²) >= 11 is 0. The van der Waals surface area contributed by atoms with Crippen LogP contribution in [-0.2, 0) is 11.3 Å². The number of hydrogen-bond donors (Lipinski definition) is 1. The van der Waals surface area contributed by atoms with Gasteiger partial charge in [-0.1, -0.05) is 19.1 Å². The molecule has 0 aliphatic carbocycles. The summed E-state index contributed by atoms with van der Waals surface area (Å²) in [6, 6.07) is 7.49. The lowest BCUT2D eigenvalue weighted by Gasteiger charge is -2.24. The van der Waals surface area contributed by atoms with Crippen molar-refractivity contribution in [2.24, 2.45) is 0 Å². The molecule has 1 N–H and O–H groups in total. The molecule has 1 aromatic rings. The molecule has 1 rings (SSSR count). The smallest absolute Gasteiger partial charge is 0.337 e. The van der Waals surface area contributed by atoms with Crippen molar-refractivity contribution in [1.82, 2.24) is 5.32 Å². The van der Waals surface area contributed by atoms with Gasteiger partial charge in [0.05, 0.1) is 12.7 Å². The predicted molar refractivity (Wildman–Crippen MR) is 69.0 cm³/mol. The molecule has 1 aromatic carbocycles. The van der Waals surface area contributed by atoms with Gasteiger partial charge in [-0.15, -0.1) is 0 Å². The van der Waals surface area contributed by atoms with Crippen molar-refractivity contribution in [2.45, 2.75) is 39.3 Å². The van der Waals surface area contributed by atoms with Crippen LogP contribution in [0.25, 0.3) is 0 Å². The van der Waals surface area contributed by atoms with Gasteiger partial charge >= 0.3 is 5.97 Å². The van der Waals surface area contributed by atoms with E-state index in [1.54, 1.807) is 12.1 Å². The molecule has 0 saturated heterocycles. The van der Waals surface area contributed by atoms with Gasteiger partial charge in [-0.25, -0.2) is 4.79 Å². The molecular formula is C14H21NO2. The van der Waals surface area contributed by atoms with Crippen LogP contribution >= 0.6 is 0 Å². The van der Waals surface area contributed by atoms with Crippen molar-refractivity contribution in [3.05, 3.63) is 35.4 Å². The first-order chi connectivity index (χ1) is 7.98. The van der Waals surface area contributed by atoms with E-state index in [1.807, 2.05) is 12.1 Å². The molecule has 3 nitrogen and oxygen atoms in total. The van der Waals surface area contributed by atoms with Crippen molar-refractivity contribution >= 4 is 5.97 Å². The first-order valence-corrected chi connectivity index (χ1v) is 5.91. The molecule has 0 radical (unpaired) electrons. The molecule has 17 heavy (non-hydrogen) atoms. The summed E-state index contributed by atoms with van der Waals surface area (Å²) < 4.78 is 4.65. The van der Waals surface area contributed by atoms with Gasteiger partial charge in [0.25, 0.3) is 0 Å². The number of hydrogen-bond acceptors (Lipinski definition) is 3. The van der Waals surface area contributed by atoms with Crippen LogP contribution in [0.4, 0.5) is 0 Å². The predicted octanol–water partition coefficient (Wildman–Crippen LogP) is 2.75. The SMILES string of the molecule is CCC(C)(C)NCc1ccc(C(=O)OC)cc1. The topological polar surface area (TPSA) is 38.3 Å². The van der Waals surface area contributed by atoms with Crippen LogP contribution in [0.15, 0.2) is 24.3 Å². The Morgan fingerprint density at radius 3 is 2.35 bits per heavy atom. The van der Waals surface area contributed by atoms with Gasteiger partial charge in [0.1, 0.15) is 0 Å². The second kappa shape index (κ2) is 5.82. The Bertz CT molecular complexity index is 368. The zero-order valence-electron chi connectivity index (χ0n) is 11.0. The third kappa shape index (κ3) is 4.19. The highest BCUT2D eigenvalue weighted by Crippen LogP contribution is 2.10. The van der Waals surface area contributed by atoms with E-state index < -0.39 is 0 Å². The van der Waals surface area contributed by atoms with Gasteiger partial charge in [0.15, 0.2) is 0 Å². The summed E-state index contributed by atoms with van der Waals surface area (Å²) in [5.74, 6) is -0.293. The third-order valence-electron chi connectivity index (χ3n) is 3.03. The summed E-state index contributed by atoms with van der Waals surface area (Å²) in [5.41, 5.74) is 1.89. The van der Waals surface area contributed by atoms with Crippen LogP contribution in [0.1, 0.15) is 43.1 Å². The lowest BCUT2D eigenvalue weighted by Crippen LogP contribution is -2.37. The van der Waals surface area contributed by atoms with Crippen LogP contribution < -0.4 is 5.32 Å². The normalized spacial score (nSPS) is 11.3. The Kier molecular flexibility index (Phi) is 4.70. The molecule has 0 heterocycles. The number of ether oxygens (including phenoxy) is 1. The highest BCUT2D eigenvalue weighted by molar-refractivity contribution is 5.89. The van der Waals surface area contributed by atoms with Gasteiger partial charge in [-0.2, -0.15) is 0 Å². The maximum Gasteiger partial charge on any atom is 0.337 e. The molecule has 0 aliphatic heterocycles. The quantitative estimate of drug-likeness (QED) is 0.797. The zero-order valence-corrected chi connectivity index (χ0v) is 11.0. The minimum absolute atomic E-state index is 0.140. The van der Waals surface area contributed by atoms with E-state index in [0.717, 1.165) is 13.0 Å². The van der Waals surface area contributed by atoms with Crippen LogP contribution in [-0.4, -0.2) is 18.6 Å². The Hall–Kier alpha value is -1.35.